The molecule has 0 aliphatic carbocycles. The fourth-order valence-electron chi connectivity index (χ4n) is 10.4. The van der Waals surface area contributed by atoms with Gasteiger partial charge in [0.1, 0.15) is 0 Å². The molecular weight excluding hydrogens is 741 g/mol. The zero-order valence-corrected chi connectivity index (χ0v) is 37.3. The fourth-order valence-corrected chi connectivity index (χ4v) is 213. The Labute approximate surface area is 327 Å². The SMILES string of the molecule is c1ccc2cc3cc4cc5cc6cc7c(ccc8cc9cc%10cc%11cc%12cccc([SiH]%13[SiH2][SiH2][SiH2][SiH2]%13)c%12cc%11cc%10cc9cc87)cc6cc5cc4cc3cc2c1. The molecule has 12 aromatic rings. The number of hydrogen-bond donors (Lipinski definition) is 0. The topological polar surface area (TPSA) is 0 Å². The normalized spacial score (nSPS) is 16.9. The predicted molar refractivity (Wildman–Crippen MR) is 260 cm³/mol. The van der Waals surface area contributed by atoms with Crippen molar-refractivity contribution < 1.29 is 0 Å². The largest absolute Gasteiger partial charge is 0.0633 e. The molecule has 0 unspecified atom stereocenters. The van der Waals surface area contributed by atoms with Crippen LogP contribution in [0.3, 0.4) is 0 Å². The van der Waals surface area contributed by atoms with Gasteiger partial charge in [0.2, 0.25) is 0 Å². The Morgan fingerprint density at radius 1 is 0.236 bits per heavy atom. The zero-order chi connectivity index (χ0) is 35.8. The zero-order valence-electron chi connectivity index (χ0n) is 30.5. The van der Waals surface area contributed by atoms with Gasteiger partial charge in [-0.2, -0.15) is 0 Å². The van der Waals surface area contributed by atoms with Crippen molar-refractivity contribution in [2.45, 2.75) is 0 Å². The van der Waals surface area contributed by atoms with E-state index in [1.54, 1.807) is 5.39 Å². The fraction of sp³-hybridized carbons (Fsp3) is 0. The third-order valence-electron chi connectivity index (χ3n) is 13.2. The summed E-state index contributed by atoms with van der Waals surface area (Å²) in [5.41, 5.74) is 0. The van der Waals surface area contributed by atoms with E-state index in [9.17, 15) is 0 Å². The van der Waals surface area contributed by atoms with Crippen LogP contribution in [0.1, 0.15) is 0 Å². The van der Waals surface area contributed by atoms with Crippen molar-refractivity contribution in [1.29, 1.82) is 0 Å². The molecule has 5 heteroatoms. The van der Waals surface area contributed by atoms with Crippen molar-refractivity contribution in [3.05, 3.63) is 164 Å². The summed E-state index contributed by atoms with van der Waals surface area (Å²) in [5.74, 6) is 0. The highest BCUT2D eigenvalue weighted by Gasteiger charge is 2.22. The smallest absolute Gasteiger partial charge is 0.0401 e. The van der Waals surface area contributed by atoms with Gasteiger partial charge in [0.05, 0.1) is 0 Å². The highest BCUT2D eigenvalue weighted by atomic mass is 30.1. The van der Waals surface area contributed by atoms with Crippen molar-refractivity contribution >= 4 is 166 Å². The molecule has 0 N–H and O–H groups in total. The van der Waals surface area contributed by atoms with Gasteiger partial charge in [-0.05, 0) is 262 Å². The lowest BCUT2D eigenvalue weighted by Gasteiger charge is -2.14. The maximum atomic E-state index is 2.58. The Morgan fingerprint density at radius 3 is 0.927 bits per heavy atom. The van der Waals surface area contributed by atoms with Crippen LogP contribution in [0.4, 0.5) is 0 Å². The van der Waals surface area contributed by atoms with Crippen molar-refractivity contribution in [2.24, 2.45) is 0 Å². The minimum Gasteiger partial charge on any atom is -0.0633 e. The molecule has 256 valence electrons. The molecule has 0 aromatic heterocycles. The average molecular weight is 777 g/mol. The molecule has 0 amide bonds. The van der Waals surface area contributed by atoms with Crippen molar-refractivity contribution in [2.75, 3.05) is 0 Å². The molecule has 0 atom stereocenters. The third kappa shape index (κ3) is 4.84. The first-order valence-corrected chi connectivity index (χ1v) is 39.1. The number of benzene rings is 12. The lowest BCUT2D eigenvalue weighted by Crippen LogP contribution is -2.39. The monoisotopic (exact) mass is 776 g/mol. The van der Waals surface area contributed by atoms with Crippen LogP contribution in [0, 0.1) is 0 Å². The molecule has 1 saturated heterocycles. The Hall–Kier alpha value is -5.42. The van der Waals surface area contributed by atoms with Gasteiger partial charge in [-0.1, -0.05) is 59.8 Å². The van der Waals surface area contributed by atoms with Gasteiger partial charge >= 0.3 is 0 Å². The van der Waals surface area contributed by atoms with Crippen LogP contribution < -0.4 is 5.19 Å². The summed E-state index contributed by atoms with van der Waals surface area (Å²) in [6.07, 6.45) is 0. The molecule has 1 aliphatic rings. The molecule has 0 bridgehead atoms. The van der Waals surface area contributed by atoms with Gasteiger partial charge in [-0.15, -0.1) is 0 Å². The molecule has 1 fully saturated rings. The van der Waals surface area contributed by atoms with Gasteiger partial charge in [-0.25, -0.2) is 0 Å². The third-order valence-corrected chi connectivity index (χ3v) is 110. The van der Waals surface area contributed by atoms with E-state index in [4.69, 9.17) is 0 Å². The number of hydrogen-bond acceptors (Lipinski definition) is 0. The van der Waals surface area contributed by atoms with Crippen LogP contribution in [-0.2, 0) is 0 Å². The summed E-state index contributed by atoms with van der Waals surface area (Å²) in [5, 5.41) is 31.3. The Balaban J connectivity index is 0.967. The molecule has 55 heavy (non-hydrogen) atoms. The van der Waals surface area contributed by atoms with Gasteiger partial charge < -0.3 is 0 Å². The lowest BCUT2D eigenvalue weighted by molar-refractivity contribution is 1.79. The van der Waals surface area contributed by atoms with E-state index < -0.39 is 7.83 Å². The summed E-state index contributed by atoms with van der Waals surface area (Å²) < 4.78 is 0. The summed E-state index contributed by atoms with van der Waals surface area (Å²) in [4.78, 5) is 0. The number of rotatable bonds is 1. The first kappa shape index (κ1) is 30.9. The highest BCUT2D eigenvalue weighted by molar-refractivity contribution is 7.82. The van der Waals surface area contributed by atoms with Crippen LogP contribution in [0.15, 0.2) is 164 Å². The minimum absolute atomic E-state index is 0.389. The van der Waals surface area contributed by atoms with E-state index in [-0.39, 0.29) is 0 Å². The Kier molecular flexibility index (Phi) is 6.48. The molecule has 0 nitrogen and oxygen atoms in total. The second-order valence-corrected chi connectivity index (χ2v) is 61.3. The van der Waals surface area contributed by atoms with E-state index >= 15 is 0 Å². The molecule has 0 radical (unpaired) electrons. The molecule has 1 heterocycles. The summed E-state index contributed by atoms with van der Waals surface area (Å²) in [6, 6.07) is 64.2. The maximum Gasteiger partial charge on any atom is 0.0401 e. The standard InChI is InChI=1S/C50H36Si5/c1-2-5-29-11-34-16-39-21-42-22-44-25-47-32(14-37(44)19-41(42)20-38(39)15-33(34)10-28(29)4-1)9-8-31-13-36-18-40-17-35-12-30-6-3-7-50(55-53-51-52-54-55)49(30)27-46(35)24-43(40)23-45(36)26-48(31)47/h1-27,55H,51-54H2. The average Bonchev–Trinajstić information content (AvgIpc) is 3.75. The van der Waals surface area contributed by atoms with Crippen LogP contribution in [0.2, 0.25) is 0 Å². The minimum atomic E-state index is -0.451. The van der Waals surface area contributed by atoms with E-state index in [1.165, 1.54) is 113 Å². The van der Waals surface area contributed by atoms with Crippen molar-refractivity contribution in [3.63, 3.8) is 0 Å². The molecule has 12 aromatic carbocycles. The van der Waals surface area contributed by atoms with Gasteiger partial charge in [0.15, 0.2) is 0 Å². The molecule has 0 spiro atoms. The first-order valence-electron chi connectivity index (χ1n) is 20.0. The molecular formula is C50H36Si5. The Bertz CT molecular complexity index is 3680. The number of fused-ring (bicyclic) bond motifs is 12. The molecule has 13 rings (SSSR count). The first-order chi connectivity index (χ1) is 27.1. The van der Waals surface area contributed by atoms with Crippen LogP contribution in [0.25, 0.3) is 118 Å². The van der Waals surface area contributed by atoms with Gasteiger partial charge in [-0.3, -0.25) is 0 Å². The van der Waals surface area contributed by atoms with E-state index in [1.807, 2.05) is 5.19 Å². The van der Waals surface area contributed by atoms with Crippen molar-refractivity contribution in [3.8, 4) is 0 Å². The van der Waals surface area contributed by atoms with Crippen LogP contribution in [0.5, 0.6) is 0 Å². The van der Waals surface area contributed by atoms with Crippen LogP contribution in [-0.4, -0.2) is 42.1 Å². The second-order valence-electron chi connectivity index (χ2n) is 16.5. The van der Waals surface area contributed by atoms with E-state index in [2.05, 4.69) is 164 Å². The predicted octanol–water partition coefficient (Wildman–Crippen LogP) is 9.23. The second kappa shape index (κ2) is 11.6. The van der Waals surface area contributed by atoms with Crippen LogP contribution >= 0.6 is 0 Å². The highest BCUT2D eigenvalue weighted by Crippen LogP contribution is 2.37. The van der Waals surface area contributed by atoms with Gasteiger partial charge in [0, 0.05) is 7.83 Å². The summed E-state index contributed by atoms with van der Waals surface area (Å²) in [7, 11) is 1.39. The quantitative estimate of drug-likeness (QED) is 0.0887. The molecule has 0 saturated carbocycles. The van der Waals surface area contributed by atoms with E-state index in [0.29, 0.717) is 34.2 Å². The molecule has 1 aliphatic heterocycles. The maximum absolute atomic E-state index is 2.58. The van der Waals surface area contributed by atoms with Gasteiger partial charge in [0.25, 0.3) is 0 Å². The van der Waals surface area contributed by atoms with E-state index in [0.717, 1.165) is 0 Å². The Morgan fingerprint density at radius 2 is 0.527 bits per heavy atom. The lowest BCUT2D eigenvalue weighted by atomic mass is 9.92. The summed E-state index contributed by atoms with van der Waals surface area (Å²) >= 11 is 0. The van der Waals surface area contributed by atoms with Crippen molar-refractivity contribution in [1.82, 2.24) is 0 Å². The summed E-state index contributed by atoms with van der Waals surface area (Å²) in [6.45, 7) is 0.